The second kappa shape index (κ2) is 8.00. The second-order valence-corrected chi connectivity index (χ2v) is 6.35. The molecule has 0 spiro atoms. The van der Waals surface area contributed by atoms with Gasteiger partial charge in [0.05, 0.1) is 11.6 Å². The van der Waals surface area contributed by atoms with Crippen molar-refractivity contribution in [2.45, 2.75) is 26.3 Å². The molecular weight excluding hydrogens is 314 g/mol. The number of nitrogens with zero attached hydrogens (tertiary/aromatic N) is 3. The van der Waals surface area contributed by atoms with Crippen LogP contribution < -0.4 is 0 Å². The second-order valence-electron chi connectivity index (χ2n) is 6.35. The quantitative estimate of drug-likeness (QED) is 0.860. The lowest BCUT2D eigenvalue weighted by atomic mass is 10.1. The van der Waals surface area contributed by atoms with Gasteiger partial charge >= 0.3 is 0 Å². The largest absolute Gasteiger partial charge is 0.456 e. The molecule has 0 N–H and O–H groups in total. The first-order valence-corrected chi connectivity index (χ1v) is 8.79. The summed E-state index contributed by atoms with van der Waals surface area (Å²) in [6.07, 6.45) is 1.75. The molecule has 0 aliphatic carbocycles. The molecular formula is C20H23N3O2. The van der Waals surface area contributed by atoms with Crippen molar-refractivity contribution in [3.63, 3.8) is 0 Å². The summed E-state index contributed by atoms with van der Waals surface area (Å²) in [7, 11) is 0. The number of benzene rings is 1. The Hall–Kier alpha value is -2.58. The highest BCUT2D eigenvalue weighted by Gasteiger charge is 2.22. The molecule has 2 heterocycles. The Bertz CT molecular complexity index is 758. The molecule has 2 aromatic rings. The van der Waals surface area contributed by atoms with Crippen LogP contribution >= 0.6 is 0 Å². The highest BCUT2D eigenvalue weighted by molar-refractivity contribution is 5.91. The van der Waals surface area contributed by atoms with Gasteiger partial charge in [0.2, 0.25) is 0 Å². The van der Waals surface area contributed by atoms with Gasteiger partial charge in [0.25, 0.3) is 5.91 Å². The summed E-state index contributed by atoms with van der Waals surface area (Å²) in [5, 5.41) is 8.87. The van der Waals surface area contributed by atoms with E-state index >= 15 is 0 Å². The zero-order valence-electron chi connectivity index (χ0n) is 14.6. The fourth-order valence-corrected chi connectivity index (χ4v) is 3.11. The van der Waals surface area contributed by atoms with Gasteiger partial charge in [-0.1, -0.05) is 19.1 Å². The number of hydrogen-bond donors (Lipinski definition) is 0. The van der Waals surface area contributed by atoms with Crippen molar-refractivity contribution in [1.29, 1.82) is 5.26 Å². The van der Waals surface area contributed by atoms with Crippen LogP contribution in [0.4, 0.5) is 0 Å². The van der Waals surface area contributed by atoms with E-state index in [2.05, 4.69) is 11.0 Å². The smallest absolute Gasteiger partial charge is 0.289 e. The van der Waals surface area contributed by atoms with E-state index < -0.39 is 0 Å². The molecule has 5 heteroatoms. The first kappa shape index (κ1) is 17.2. The molecule has 1 aliphatic heterocycles. The molecule has 0 atom stereocenters. The average Bonchev–Trinajstić information content (AvgIpc) is 3.02. The number of carbonyl (C=O) groups excluding carboxylic acids is 1. The number of carbonyl (C=O) groups is 1. The van der Waals surface area contributed by atoms with E-state index in [1.165, 1.54) is 5.56 Å². The molecule has 3 rings (SSSR count). The molecule has 1 saturated heterocycles. The average molecular weight is 337 g/mol. The third-order valence-electron chi connectivity index (χ3n) is 4.59. The summed E-state index contributed by atoms with van der Waals surface area (Å²) in [4.78, 5) is 16.8. The van der Waals surface area contributed by atoms with Gasteiger partial charge in [-0.15, -0.1) is 0 Å². The van der Waals surface area contributed by atoms with E-state index in [9.17, 15) is 4.79 Å². The predicted molar refractivity (Wildman–Crippen MR) is 95.0 cm³/mol. The maximum Gasteiger partial charge on any atom is 0.289 e. The molecule has 1 aromatic heterocycles. The Kier molecular flexibility index (Phi) is 5.52. The Morgan fingerprint density at radius 2 is 1.92 bits per heavy atom. The minimum atomic E-state index is -0.0140. The number of amides is 1. The zero-order chi connectivity index (χ0) is 17.6. The number of rotatable bonds is 4. The SMILES string of the molecule is CCc1ccc(C(=O)N2CCCN(Cc3ccc(C#N)cc3)CC2)o1. The number of furan rings is 1. The number of nitriles is 1. The topological polar surface area (TPSA) is 60.5 Å². The standard InChI is InChI=1S/C20H23N3O2/c1-2-18-8-9-19(25-18)20(24)23-11-3-10-22(12-13-23)15-17-6-4-16(14-21)5-7-17/h4-9H,2-3,10-13,15H2,1H3. The summed E-state index contributed by atoms with van der Waals surface area (Å²) in [5.74, 6) is 1.28. The maximum absolute atomic E-state index is 12.6. The van der Waals surface area contributed by atoms with Crippen molar-refractivity contribution >= 4 is 5.91 Å². The zero-order valence-corrected chi connectivity index (χ0v) is 14.6. The van der Waals surface area contributed by atoms with Crippen LogP contribution in [-0.4, -0.2) is 41.9 Å². The lowest BCUT2D eigenvalue weighted by Crippen LogP contribution is -2.34. The van der Waals surface area contributed by atoms with Crippen LogP contribution in [0.3, 0.4) is 0 Å². The van der Waals surface area contributed by atoms with E-state index in [-0.39, 0.29) is 5.91 Å². The summed E-state index contributed by atoms with van der Waals surface area (Å²) in [5.41, 5.74) is 1.87. The summed E-state index contributed by atoms with van der Waals surface area (Å²) in [6.45, 7) is 6.12. The first-order valence-electron chi connectivity index (χ1n) is 8.79. The van der Waals surface area contributed by atoms with Crippen molar-refractivity contribution < 1.29 is 9.21 Å². The van der Waals surface area contributed by atoms with Gasteiger partial charge in [-0.05, 0) is 36.2 Å². The molecule has 25 heavy (non-hydrogen) atoms. The predicted octanol–water partition coefficient (Wildman–Crippen LogP) is 3.06. The summed E-state index contributed by atoms with van der Waals surface area (Å²) < 4.78 is 5.60. The van der Waals surface area contributed by atoms with Gasteiger partial charge < -0.3 is 9.32 Å². The molecule has 0 unspecified atom stereocenters. The van der Waals surface area contributed by atoms with Gasteiger partial charge in [-0.3, -0.25) is 9.69 Å². The van der Waals surface area contributed by atoms with E-state index in [4.69, 9.17) is 9.68 Å². The van der Waals surface area contributed by atoms with Crippen LogP contribution in [0.15, 0.2) is 40.8 Å². The molecule has 5 nitrogen and oxygen atoms in total. The molecule has 0 radical (unpaired) electrons. The Balaban J connectivity index is 1.58. The van der Waals surface area contributed by atoms with Crippen molar-refractivity contribution in [3.8, 4) is 6.07 Å². The highest BCUT2D eigenvalue weighted by atomic mass is 16.4. The highest BCUT2D eigenvalue weighted by Crippen LogP contribution is 2.15. The minimum Gasteiger partial charge on any atom is -0.456 e. The molecule has 1 fully saturated rings. The molecule has 1 aromatic carbocycles. The normalized spacial score (nSPS) is 15.6. The van der Waals surface area contributed by atoms with Crippen molar-refractivity contribution in [2.75, 3.05) is 26.2 Å². The van der Waals surface area contributed by atoms with Gasteiger partial charge in [-0.25, -0.2) is 0 Å². The monoisotopic (exact) mass is 337 g/mol. The van der Waals surface area contributed by atoms with Gasteiger partial charge in [-0.2, -0.15) is 5.26 Å². The maximum atomic E-state index is 12.6. The van der Waals surface area contributed by atoms with Crippen LogP contribution in [0.25, 0.3) is 0 Å². The molecule has 0 saturated carbocycles. The van der Waals surface area contributed by atoms with Gasteiger partial charge in [0, 0.05) is 39.1 Å². The molecule has 1 aliphatic rings. The molecule has 130 valence electrons. The fourth-order valence-electron chi connectivity index (χ4n) is 3.11. The van der Waals surface area contributed by atoms with Crippen LogP contribution in [0.2, 0.25) is 0 Å². The Labute approximate surface area is 148 Å². The van der Waals surface area contributed by atoms with Crippen LogP contribution in [0, 0.1) is 11.3 Å². The van der Waals surface area contributed by atoms with Crippen LogP contribution in [0.1, 0.15) is 40.8 Å². The van der Waals surface area contributed by atoms with Crippen LogP contribution in [-0.2, 0) is 13.0 Å². The number of hydrogen-bond acceptors (Lipinski definition) is 4. The third-order valence-corrected chi connectivity index (χ3v) is 4.59. The van der Waals surface area contributed by atoms with Gasteiger partial charge in [0.1, 0.15) is 5.76 Å². The Morgan fingerprint density at radius 1 is 1.12 bits per heavy atom. The molecule has 1 amide bonds. The van der Waals surface area contributed by atoms with Crippen LogP contribution in [0.5, 0.6) is 0 Å². The van der Waals surface area contributed by atoms with E-state index in [0.717, 1.165) is 44.8 Å². The molecule has 0 bridgehead atoms. The van der Waals surface area contributed by atoms with E-state index in [1.54, 1.807) is 6.07 Å². The van der Waals surface area contributed by atoms with Gasteiger partial charge in [0.15, 0.2) is 5.76 Å². The number of aryl methyl sites for hydroxylation is 1. The lowest BCUT2D eigenvalue weighted by Gasteiger charge is -2.21. The van der Waals surface area contributed by atoms with Crippen molar-refractivity contribution in [1.82, 2.24) is 9.80 Å². The van der Waals surface area contributed by atoms with E-state index in [1.807, 2.05) is 42.2 Å². The summed E-state index contributed by atoms with van der Waals surface area (Å²) in [6, 6.07) is 13.5. The summed E-state index contributed by atoms with van der Waals surface area (Å²) >= 11 is 0. The lowest BCUT2D eigenvalue weighted by molar-refractivity contribution is 0.0727. The van der Waals surface area contributed by atoms with Crippen molar-refractivity contribution in [3.05, 3.63) is 59.0 Å². The third kappa shape index (κ3) is 4.28. The Morgan fingerprint density at radius 3 is 2.60 bits per heavy atom. The first-order chi connectivity index (χ1) is 12.2. The fraction of sp³-hybridized carbons (Fsp3) is 0.400. The van der Waals surface area contributed by atoms with Crippen molar-refractivity contribution in [2.24, 2.45) is 0 Å². The minimum absolute atomic E-state index is 0.0140. The van der Waals surface area contributed by atoms with E-state index in [0.29, 0.717) is 17.9 Å².